The number of carbonyl (C=O) groups excluding carboxylic acids is 1. The van der Waals surface area contributed by atoms with Crippen LogP contribution in [0.3, 0.4) is 0 Å². The number of carbonyl (C=O) groups is 1. The van der Waals surface area contributed by atoms with E-state index in [4.69, 9.17) is 16.0 Å². The Kier molecular flexibility index (Phi) is 7.72. The Balaban J connectivity index is 1.16. The van der Waals surface area contributed by atoms with Crippen molar-refractivity contribution in [3.8, 4) is 0 Å². The van der Waals surface area contributed by atoms with E-state index in [1.807, 2.05) is 29.2 Å². The number of tetrazole rings is 1. The molecule has 5 rings (SSSR count). The molecule has 0 saturated carbocycles. The van der Waals surface area contributed by atoms with Crippen molar-refractivity contribution in [1.82, 2.24) is 40.2 Å². The standard InChI is InChI=1S/C25H31ClN8O2/c1-18-27-31-34(30-18)16-21-15-22(26)7-5-19(21)6-8-24(35)33-13-9-20(10-14-33)25-29-28-23(36-25)17-32-11-3-2-4-12-32/h5-8,15,20H,2-4,9-14,16-17H2,1H3. The number of piperidine rings is 2. The van der Waals surface area contributed by atoms with E-state index in [-0.39, 0.29) is 11.8 Å². The van der Waals surface area contributed by atoms with Crippen molar-refractivity contribution in [1.29, 1.82) is 0 Å². The highest BCUT2D eigenvalue weighted by atomic mass is 35.5. The summed E-state index contributed by atoms with van der Waals surface area (Å²) in [4.78, 5) is 18.7. The van der Waals surface area contributed by atoms with Gasteiger partial charge in [-0.05, 0) is 80.2 Å². The van der Waals surface area contributed by atoms with Gasteiger partial charge < -0.3 is 9.32 Å². The van der Waals surface area contributed by atoms with E-state index in [2.05, 4.69) is 30.5 Å². The fraction of sp³-hybridized carbons (Fsp3) is 0.520. The molecule has 2 fully saturated rings. The Hall–Kier alpha value is -3.11. The Morgan fingerprint density at radius 1 is 1.08 bits per heavy atom. The molecule has 0 aliphatic carbocycles. The average molecular weight is 511 g/mol. The third-order valence-electron chi connectivity index (χ3n) is 6.82. The lowest BCUT2D eigenvalue weighted by Gasteiger charge is -2.29. The van der Waals surface area contributed by atoms with Crippen LogP contribution >= 0.6 is 11.6 Å². The molecule has 0 spiro atoms. The number of aryl methyl sites for hydroxylation is 1. The fourth-order valence-corrected chi connectivity index (χ4v) is 5.03. The summed E-state index contributed by atoms with van der Waals surface area (Å²) < 4.78 is 5.99. The minimum atomic E-state index is -0.0135. The number of halogens is 1. The summed E-state index contributed by atoms with van der Waals surface area (Å²) >= 11 is 6.20. The SMILES string of the molecule is Cc1nnn(Cc2cc(Cl)ccc2C=CC(=O)N2CCC(c3nnc(CN4CCCCC4)o3)CC2)n1. The largest absolute Gasteiger partial charge is 0.424 e. The van der Waals surface area contributed by atoms with Crippen molar-refractivity contribution >= 4 is 23.6 Å². The third-order valence-corrected chi connectivity index (χ3v) is 7.06. The van der Waals surface area contributed by atoms with Gasteiger partial charge in [-0.25, -0.2) is 0 Å². The Morgan fingerprint density at radius 3 is 2.64 bits per heavy atom. The van der Waals surface area contributed by atoms with E-state index in [1.165, 1.54) is 24.1 Å². The molecule has 0 unspecified atom stereocenters. The molecule has 3 aromatic rings. The van der Waals surface area contributed by atoms with E-state index in [0.29, 0.717) is 42.3 Å². The van der Waals surface area contributed by atoms with E-state index in [0.717, 1.165) is 43.6 Å². The molecule has 0 radical (unpaired) electrons. The zero-order valence-corrected chi connectivity index (χ0v) is 21.3. The third kappa shape index (κ3) is 6.17. The van der Waals surface area contributed by atoms with Gasteiger partial charge in [-0.2, -0.15) is 4.80 Å². The van der Waals surface area contributed by atoms with E-state index in [1.54, 1.807) is 13.0 Å². The van der Waals surface area contributed by atoms with Gasteiger partial charge in [0.1, 0.15) is 0 Å². The van der Waals surface area contributed by atoms with Crippen LogP contribution < -0.4 is 0 Å². The first kappa shape index (κ1) is 24.6. The van der Waals surface area contributed by atoms with Crippen LogP contribution in [0.25, 0.3) is 6.08 Å². The van der Waals surface area contributed by atoms with Crippen LogP contribution in [-0.2, 0) is 17.9 Å². The highest BCUT2D eigenvalue weighted by molar-refractivity contribution is 6.30. The van der Waals surface area contributed by atoms with Crippen LogP contribution in [0.2, 0.25) is 5.02 Å². The van der Waals surface area contributed by atoms with Gasteiger partial charge >= 0.3 is 0 Å². The topological polar surface area (TPSA) is 106 Å². The molecule has 4 heterocycles. The fourth-order valence-electron chi connectivity index (χ4n) is 4.83. The highest BCUT2D eigenvalue weighted by Gasteiger charge is 2.27. The number of hydrogen-bond acceptors (Lipinski definition) is 8. The minimum Gasteiger partial charge on any atom is -0.424 e. The Labute approximate surface area is 215 Å². The van der Waals surface area contributed by atoms with Crippen molar-refractivity contribution in [2.75, 3.05) is 26.2 Å². The van der Waals surface area contributed by atoms with Gasteiger partial charge in [-0.1, -0.05) is 24.1 Å². The summed E-state index contributed by atoms with van der Waals surface area (Å²) in [7, 11) is 0. The lowest BCUT2D eigenvalue weighted by molar-refractivity contribution is -0.127. The van der Waals surface area contributed by atoms with Gasteiger partial charge in [0.05, 0.1) is 13.1 Å². The van der Waals surface area contributed by atoms with Crippen LogP contribution in [0.1, 0.15) is 66.8 Å². The van der Waals surface area contributed by atoms with E-state index in [9.17, 15) is 4.79 Å². The first-order valence-electron chi connectivity index (χ1n) is 12.6. The van der Waals surface area contributed by atoms with E-state index >= 15 is 0 Å². The van der Waals surface area contributed by atoms with Gasteiger partial charge in [0.25, 0.3) is 0 Å². The first-order valence-corrected chi connectivity index (χ1v) is 13.0. The molecule has 0 N–H and O–H groups in total. The Bertz CT molecular complexity index is 1210. The van der Waals surface area contributed by atoms with Gasteiger partial charge in [0, 0.05) is 30.1 Å². The summed E-state index contributed by atoms with van der Waals surface area (Å²) in [6.07, 6.45) is 8.85. The maximum absolute atomic E-state index is 12.9. The Morgan fingerprint density at radius 2 is 1.89 bits per heavy atom. The molecule has 10 nitrogen and oxygen atoms in total. The summed E-state index contributed by atoms with van der Waals surface area (Å²) in [5.74, 6) is 2.18. The monoisotopic (exact) mass is 510 g/mol. The van der Waals surface area contributed by atoms with Gasteiger partial charge in [-0.3, -0.25) is 9.69 Å². The summed E-state index contributed by atoms with van der Waals surface area (Å²) in [5.41, 5.74) is 1.81. The highest BCUT2D eigenvalue weighted by Crippen LogP contribution is 2.28. The van der Waals surface area contributed by atoms with Crippen LogP contribution in [0.5, 0.6) is 0 Å². The molecule has 0 bridgehead atoms. The quantitative estimate of drug-likeness (QED) is 0.445. The second kappa shape index (κ2) is 11.3. The molecule has 0 atom stereocenters. The van der Waals surface area contributed by atoms with Crippen LogP contribution in [-0.4, -0.2) is 72.3 Å². The number of amides is 1. The van der Waals surface area contributed by atoms with Crippen molar-refractivity contribution < 1.29 is 9.21 Å². The summed E-state index contributed by atoms with van der Waals surface area (Å²) in [6.45, 7) is 6.46. The van der Waals surface area contributed by atoms with Crippen LogP contribution in [0, 0.1) is 6.92 Å². The zero-order valence-electron chi connectivity index (χ0n) is 20.5. The predicted molar refractivity (Wildman–Crippen MR) is 134 cm³/mol. The average Bonchev–Trinajstić information content (AvgIpc) is 3.53. The number of nitrogens with zero attached hydrogens (tertiary/aromatic N) is 8. The normalized spacial score (nSPS) is 17.8. The minimum absolute atomic E-state index is 0.0135. The van der Waals surface area contributed by atoms with Crippen LogP contribution in [0.4, 0.5) is 0 Å². The predicted octanol–water partition coefficient (Wildman–Crippen LogP) is 3.47. The molecular formula is C25H31ClN8O2. The molecule has 1 amide bonds. The first-order chi connectivity index (χ1) is 17.5. The van der Waals surface area contributed by atoms with Crippen molar-refractivity contribution in [2.24, 2.45) is 0 Å². The van der Waals surface area contributed by atoms with Crippen molar-refractivity contribution in [3.63, 3.8) is 0 Å². The number of benzene rings is 1. The molecule has 2 aliphatic rings. The second-order valence-corrected chi connectivity index (χ2v) is 9.95. The zero-order chi connectivity index (χ0) is 24.9. The van der Waals surface area contributed by atoms with Gasteiger partial charge in [0.2, 0.25) is 17.7 Å². The molecule has 2 saturated heterocycles. The molecule has 2 aromatic heterocycles. The van der Waals surface area contributed by atoms with Crippen molar-refractivity contribution in [2.45, 2.75) is 58.0 Å². The molecule has 36 heavy (non-hydrogen) atoms. The van der Waals surface area contributed by atoms with Crippen molar-refractivity contribution in [3.05, 3.63) is 58.0 Å². The molecule has 2 aliphatic heterocycles. The lowest BCUT2D eigenvalue weighted by Crippen LogP contribution is -2.37. The number of aromatic nitrogens is 6. The molecular weight excluding hydrogens is 480 g/mol. The number of hydrogen-bond donors (Lipinski definition) is 0. The second-order valence-electron chi connectivity index (χ2n) is 9.51. The van der Waals surface area contributed by atoms with Crippen LogP contribution in [0.15, 0.2) is 28.7 Å². The molecule has 190 valence electrons. The van der Waals surface area contributed by atoms with Gasteiger partial charge in [-0.15, -0.1) is 20.4 Å². The van der Waals surface area contributed by atoms with E-state index < -0.39 is 0 Å². The maximum Gasteiger partial charge on any atom is 0.246 e. The van der Waals surface area contributed by atoms with Gasteiger partial charge in [0.15, 0.2) is 5.82 Å². The number of rotatable bonds is 7. The molecule has 11 heteroatoms. The maximum atomic E-state index is 12.9. The summed E-state index contributed by atoms with van der Waals surface area (Å²) in [6, 6.07) is 5.57. The number of likely N-dealkylation sites (tertiary alicyclic amines) is 2. The summed E-state index contributed by atoms with van der Waals surface area (Å²) in [5, 5.41) is 21.4. The molecule has 1 aromatic carbocycles. The lowest BCUT2D eigenvalue weighted by atomic mass is 9.96. The smallest absolute Gasteiger partial charge is 0.246 e.